The number of rotatable bonds is 5. The molecule has 0 saturated heterocycles. The molecule has 12 heteroatoms. The maximum absolute atomic E-state index is 12.9. The van der Waals surface area contributed by atoms with E-state index < -0.39 is 23.3 Å². The molecule has 142 valence electrons. The van der Waals surface area contributed by atoms with Gasteiger partial charge in [-0.1, -0.05) is 17.8 Å². The third-order valence-electron chi connectivity index (χ3n) is 3.19. The van der Waals surface area contributed by atoms with Crippen LogP contribution < -0.4 is 16.8 Å². The van der Waals surface area contributed by atoms with Gasteiger partial charge in [0.15, 0.2) is 0 Å². The molecule has 0 aliphatic heterocycles. The lowest BCUT2D eigenvalue weighted by Gasteiger charge is -2.14. The predicted octanol–water partition coefficient (Wildman–Crippen LogP) is 2.98. The summed E-state index contributed by atoms with van der Waals surface area (Å²) in [4.78, 5) is 20.0. The Balaban J connectivity index is 2.15. The van der Waals surface area contributed by atoms with E-state index in [1.165, 1.54) is 17.8 Å². The van der Waals surface area contributed by atoms with Crippen molar-refractivity contribution >= 4 is 46.8 Å². The van der Waals surface area contributed by atoms with E-state index in [1.807, 2.05) is 6.07 Å². The van der Waals surface area contributed by atoms with E-state index in [1.54, 1.807) is 6.26 Å². The van der Waals surface area contributed by atoms with Gasteiger partial charge < -0.3 is 16.8 Å². The maximum Gasteiger partial charge on any atom is 0.418 e. The van der Waals surface area contributed by atoms with Gasteiger partial charge in [0.1, 0.15) is 21.7 Å². The summed E-state index contributed by atoms with van der Waals surface area (Å²) in [5, 5.41) is 12.2. The summed E-state index contributed by atoms with van der Waals surface area (Å²) >= 11 is 2.12. The van der Waals surface area contributed by atoms with Crippen molar-refractivity contribution in [2.75, 3.05) is 28.8 Å². The number of alkyl halides is 3. The first kappa shape index (κ1) is 20.7. The number of nitriles is 1. The fourth-order valence-corrected chi connectivity index (χ4v) is 3.41. The number of nitrogen functional groups attached to an aromatic ring is 2. The Kier molecular flexibility index (Phi) is 6.40. The van der Waals surface area contributed by atoms with E-state index in [0.29, 0.717) is 5.03 Å². The third-order valence-corrected chi connectivity index (χ3v) is 4.85. The number of amides is 1. The summed E-state index contributed by atoms with van der Waals surface area (Å²) in [6.07, 6.45) is -2.92. The number of hydrogen-bond acceptors (Lipinski definition) is 8. The second-order valence-corrected chi connectivity index (χ2v) is 6.74. The van der Waals surface area contributed by atoms with Gasteiger partial charge in [0, 0.05) is 0 Å². The van der Waals surface area contributed by atoms with Crippen molar-refractivity contribution < 1.29 is 18.0 Å². The molecular weight excluding hydrogens is 401 g/mol. The lowest BCUT2D eigenvalue weighted by molar-refractivity contribution is -0.136. The fourth-order valence-electron chi connectivity index (χ4n) is 2.03. The summed E-state index contributed by atoms with van der Waals surface area (Å²) in [6, 6.07) is 5.19. The van der Waals surface area contributed by atoms with Gasteiger partial charge in [-0.15, -0.1) is 11.8 Å². The fraction of sp³-hybridized carbons (Fsp3) is 0.200. The normalized spacial score (nSPS) is 11.1. The molecule has 1 heterocycles. The highest BCUT2D eigenvalue weighted by atomic mass is 32.2. The maximum atomic E-state index is 12.9. The van der Waals surface area contributed by atoms with Crippen LogP contribution in [0.25, 0.3) is 0 Å². The van der Waals surface area contributed by atoms with E-state index in [2.05, 4.69) is 15.3 Å². The number of para-hydroxylation sites is 1. The minimum absolute atomic E-state index is 0.0524. The minimum Gasteiger partial charge on any atom is -0.397 e. The largest absolute Gasteiger partial charge is 0.418 e. The van der Waals surface area contributed by atoms with E-state index >= 15 is 0 Å². The molecule has 2 rings (SSSR count). The molecule has 0 aliphatic carbocycles. The molecule has 27 heavy (non-hydrogen) atoms. The first-order valence-corrected chi connectivity index (χ1v) is 9.38. The Bertz CT molecular complexity index is 914. The molecule has 2 aromatic rings. The van der Waals surface area contributed by atoms with Crippen molar-refractivity contribution in [2.24, 2.45) is 0 Å². The van der Waals surface area contributed by atoms with E-state index in [0.717, 1.165) is 23.9 Å². The number of benzene rings is 1. The lowest BCUT2D eigenvalue weighted by Crippen LogP contribution is -2.17. The van der Waals surface area contributed by atoms with Gasteiger partial charge in [0.05, 0.1) is 22.7 Å². The molecule has 0 spiro atoms. The van der Waals surface area contributed by atoms with Crippen LogP contribution in [0, 0.1) is 11.3 Å². The van der Waals surface area contributed by atoms with Crippen LogP contribution in [0.2, 0.25) is 0 Å². The molecule has 5 N–H and O–H groups in total. The third kappa shape index (κ3) is 4.95. The van der Waals surface area contributed by atoms with Gasteiger partial charge in [0.25, 0.3) is 0 Å². The van der Waals surface area contributed by atoms with Gasteiger partial charge in [-0.3, -0.25) is 4.79 Å². The number of halogens is 3. The van der Waals surface area contributed by atoms with Crippen LogP contribution in [0.1, 0.15) is 11.1 Å². The highest BCUT2D eigenvalue weighted by Crippen LogP contribution is 2.37. The van der Waals surface area contributed by atoms with Crippen LogP contribution in [0.15, 0.2) is 28.3 Å². The molecule has 1 aromatic heterocycles. The molecule has 1 amide bonds. The van der Waals surface area contributed by atoms with Gasteiger partial charge in [-0.2, -0.15) is 18.4 Å². The number of nitrogens with one attached hydrogen (secondary N) is 1. The zero-order valence-electron chi connectivity index (χ0n) is 13.8. The Hall–Kier alpha value is -2.65. The molecule has 0 fully saturated rings. The molecular formula is C15H13F3N6OS2. The number of aromatic nitrogens is 2. The number of nitrogens with zero attached hydrogens (tertiary/aromatic N) is 3. The second-order valence-electron chi connectivity index (χ2n) is 4.98. The summed E-state index contributed by atoms with van der Waals surface area (Å²) < 4.78 is 38.6. The average Bonchev–Trinajstić information content (AvgIpc) is 2.60. The first-order valence-electron chi connectivity index (χ1n) is 7.17. The number of carbonyl (C=O) groups is 1. The Labute approximate surface area is 160 Å². The van der Waals surface area contributed by atoms with Crippen molar-refractivity contribution in [3.8, 4) is 6.07 Å². The average molecular weight is 414 g/mol. The van der Waals surface area contributed by atoms with Crippen LogP contribution >= 0.6 is 23.5 Å². The number of hydrogen-bond donors (Lipinski definition) is 3. The number of thioether (sulfide) groups is 2. The Morgan fingerprint density at radius 3 is 2.56 bits per heavy atom. The minimum atomic E-state index is -4.63. The SMILES string of the molecule is CSc1nc(N)nc(SCC(=O)Nc2cccc(C(F)(F)F)c2N)c1C#N. The van der Waals surface area contributed by atoms with E-state index in [4.69, 9.17) is 11.5 Å². The Morgan fingerprint density at radius 1 is 1.30 bits per heavy atom. The van der Waals surface area contributed by atoms with Crippen LogP contribution in [-0.2, 0) is 11.0 Å². The monoisotopic (exact) mass is 414 g/mol. The van der Waals surface area contributed by atoms with Crippen molar-refractivity contribution in [2.45, 2.75) is 16.2 Å². The standard InChI is InChI=1S/C15H13F3N6OS2/c1-26-12-7(5-19)13(24-14(21)23-12)27-6-10(25)22-9-4-2-3-8(11(9)20)15(16,17)18/h2-4H,6,20H2,1H3,(H,22,25)(H2,21,23,24). The molecule has 0 atom stereocenters. The topological polar surface area (TPSA) is 131 Å². The van der Waals surface area contributed by atoms with Crippen LogP contribution in [0.3, 0.4) is 0 Å². The zero-order chi connectivity index (χ0) is 20.2. The van der Waals surface area contributed by atoms with Crippen LogP contribution in [-0.4, -0.2) is 27.9 Å². The van der Waals surface area contributed by atoms with Gasteiger partial charge in [0.2, 0.25) is 11.9 Å². The number of nitrogens with two attached hydrogens (primary N) is 2. The smallest absolute Gasteiger partial charge is 0.397 e. The highest BCUT2D eigenvalue weighted by molar-refractivity contribution is 8.00. The van der Waals surface area contributed by atoms with Gasteiger partial charge >= 0.3 is 6.18 Å². The predicted molar refractivity (Wildman–Crippen MR) is 98.2 cm³/mol. The van der Waals surface area contributed by atoms with Gasteiger partial charge in [-0.05, 0) is 18.4 Å². The van der Waals surface area contributed by atoms with E-state index in [9.17, 15) is 23.2 Å². The van der Waals surface area contributed by atoms with Crippen LogP contribution in [0.5, 0.6) is 0 Å². The zero-order valence-corrected chi connectivity index (χ0v) is 15.4. The summed E-state index contributed by atoms with van der Waals surface area (Å²) in [5.74, 6) is -0.879. The van der Waals surface area contributed by atoms with Crippen molar-refractivity contribution in [1.82, 2.24) is 9.97 Å². The van der Waals surface area contributed by atoms with Crippen LogP contribution in [0.4, 0.5) is 30.5 Å². The lowest BCUT2D eigenvalue weighted by atomic mass is 10.1. The summed E-state index contributed by atoms with van der Waals surface area (Å²) in [5.41, 5.74) is 9.51. The van der Waals surface area contributed by atoms with Gasteiger partial charge in [-0.25, -0.2) is 9.97 Å². The van der Waals surface area contributed by atoms with Crippen molar-refractivity contribution in [1.29, 1.82) is 5.26 Å². The quantitative estimate of drug-likeness (QED) is 0.387. The summed E-state index contributed by atoms with van der Waals surface area (Å²) in [7, 11) is 0. The number of anilines is 3. The molecule has 7 nitrogen and oxygen atoms in total. The highest BCUT2D eigenvalue weighted by Gasteiger charge is 2.33. The molecule has 0 saturated carbocycles. The number of carbonyl (C=O) groups excluding carboxylic acids is 1. The van der Waals surface area contributed by atoms with E-state index in [-0.39, 0.29) is 28.0 Å². The second kappa shape index (κ2) is 8.36. The molecule has 1 aromatic carbocycles. The molecule has 0 unspecified atom stereocenters. The molecule has 0 bridgehead atoms. The Morgan fingerprint density at radius 2 is 1.96 bits per heavy atom. The van der Waals surface area contributed by atoms with Crippen molar-refractivity contribution in [3.05, 3.63) is 29.3 Å². The van der Waals surface area contributed by atoms with Crippen molar-refractivity contribution in [3.63, 3.8) is 0 Å². The summed E-state index contributed by atoms with van der Waals surface area (Å²) in [6.45, 7) is 0. The first-order chi connectivity index (χ1) is 12.7. The molecule has 0 radical (unpaired) electrons. The molecule has 0 aliphatic rings.